The quantitative estimate of drug-likeness (QED) is 0.289. The summed E-state index contributed by atoms with van der Waals surface area (Å²) in [5.74, 6) is 0. The van der Waals surface area contributed by atoms with E-state index in [9.17, 15) is 19.1 Å². The fraction of sp³-hybridized carbons (Fsp3) is 0.857. The first-order chi connectivity index (χ1) is 7.79. The molecule has 0 spiro atoms. The van der Waals surface area contributed by atoms with Gasteiger partial charge < -0.3 is 40.3 Å². The van der Waals surface area contributed by atoms with Crippen molar-refractivity contribution in [1.29, 1.82) is 0 Å². The number of primary amides is 1. The van der Waals surface area contributed by atoms with Gasteiger partial charge in [-0.1, -0.05) is 0 Å². The van der Waals surface area contributed by atoms with E-state index >= 15 is 0 Å². The van der Waals surface area contributed by atoms with E-state index < -0.39 is 13.2 Å². The number of nitrogens with one attached hydrogen (secondary N) is 1. The molecule has 0 bridgehead atoms. The molecule has 0 aliphatic heterocycles. The average molecular weight is 274 g/mol. The molecular formula is C7H19N2O7P. The lowest BCUT2D eigenvalue weighted by atomic mass is 10.4. The maximum absolute atomic E-state index is 9.35. The van der Waals surface area contributed by atoms with Crippen LogP contribution in [0.3, 0.4) is 0 Å². The molecule has 0 heterocycles. The highest BCUT2D eigenvalue weighted by atomic mass is 31.2. The molecule has 9 nitrogen and oxygen atoms in total. The van der Waals surface area contributed by atoms with E-state index in [4.69, 9.17) is 15.3 Å². The van der Waals surface area contributed by atoms with Crippen LogP contribution in [0.25, 0.3) is 0 Å². The van der Waals surface area contributed by atoms with E-state index in [0.29, 0.717) is 19.6 Å². The number of hydrogen-bond acceptors (Lipinski definition) is 7. The molecule has 0 radical (unpaired) electrons. The first-order valence-corrected chi connectivity index (χ1v) is 6.32. The Labute approximate surface area is 100 Å². The Balaban J connectivity index is -0.000000251. The fourth-order valence-electron chi connectivity index (χ4n) is 0.849. The molecule has 0 saturated heterocycles. The lowest BCUT2D eigenvalue weighted by Gasteiger charge is -2.23. The van der Waals surface area contributed by atoms with Gasteiger partial charge in [0, 0.05) is 7.60 Å². The third-order valence-electron chi connectivity index (χ3n) is 1.67. The van der Waals surface area contributed by atoms with E-state index in [1.807, 2.05) is 0 Å². The summed E-state index contributed by atoms with van der Waals surface area (Å²) in [7, 11) is -5.10. The minimum Gasteiger partial charge on any atom is -0.804 e. The Hall–Kier alpha value is -0.540. The van der Waals surface area contributed by atoms with Crippen LogP contribution in [-0.2, 0) is 4.57 Å². The molecule has 17 heavy (non-hydrogen) atoms. The second kappa shape index (κ2) is 10.6. The average Bonchev–Trinajstić information content (AvgIpc) is 2.18. The van der Waals surface area contributed by atoms with E-state index in [0.717, 1.165) is 4.90 Å². The van der Waals surface area contributed by atoms with Gasteiger partial charge in [0.25, 0.3) is 0 Å². The molecule has 0 aliphatic carbocycles. The van der Waals surface area contributed by atoms with Crippen LogP contribution < -0.4 is 20.4 Å². The lowest BCUT2D eigenvalue weighted by Crippen LogP contribution is -3.13. The zero-order valence-electron chi connectivity index (χ0n) is 10.2. The molecule has 6 N–H and O–H groups in total. The molecule has 10 heteroatoms. The third kappa shape index (κ3) is 13.4. The van der Waals surface area contributed by atoms with Crippen LogP contribution in [0.2, 0.25) is 0 Å². The number of rotatable bonds is 7. The van der Waals surface area contributed by atoms with Gasteiger partial charge in [-0.25, -0.2) is 0 Å². The molecule has 1 amide bonds. The van der Waals surface area contributed by atoms with Crippen LogP contribution in [-0.4, -0.2) is 60.4 Å². The van der Waals surface area contributed by atoms with Gasteiger partial charge in [-0.15, -0.1) is 0 Å². The van der Waals surface area contributed by atoms with E-state index in [2.05, 4.69) is 5.73 Å². The largest absolute Gasteiger partial charge is 1.00 e. The van der Waals surface area contributed by atoms with Gasteiger partial charge >= 0.3 is 1.43 Å². The number of carbonyl (C=O) groups is 1. The summed E-state index contributed by atoms with van der Waals surface area (Å²) < 4.78 is 9.33. The monoisotopic (exact) mass is 274 g/mol. The van der Waals surface area contributed by atoms with Gasteiger partial charge in [-0.05, 0) is 0 Å². The first-order valence-electron chi connectivity index (χ1n) is 4.77. The normalized spacial score (nSPS) is 10.9. The summed E-state index contributed by atoms with van der Waals surface area (Å²) in [6, 6.07) is 0. The SMILES string of the molecule is NC(=O)P(=O)([O-])[O-].OCC[NH+](CCO)CCO.[H+]. The summed E-state index contributed by atoms with van der Waals surface area (Å²) in [4.78, 5) is 29.0. The maximum Gasteiger partial charge on any atom is 1.00 e. The molecular weight excluding hydrogens is 255 g/mol. The molecule has 0 rings (SSSR count). The van der Waals surface area contributed by atoms with Gasteiger partial charge in [0.05, 0.1) is 19.8 Å². The first kappa shape index (κ1) is 18.8. The summed E-state index contributed by atoms with van der Waals surface area (Å²) in [5.41, 5.74) is 2.23. The zero-order valence-corrected chi connectivity index (χ0v) is 10.1. The highest BCUT2D eigenvalue weighted by Crippen LogP contribution is 2.20. The molecule has 0 atom stereocenters. The van der Waals surface area contributed by atoms with Gasteiger partial charge in [0.2, 0.25) is 5.65 Å². The molecule has 104 valence electrons. The van der Waals surface area contributed by atoms with Crippen LogP contribution in [0.5, 0.6) is 0 Å². The second-order valence-corrected chi connectivity index (χ2v) is 4.44. The predicted octanol–water partition coefficient (Wildman–Crippen LogP) is -5.06. The Bertz CT molecular complexity index is 236. The van der Waals surface area contributed by atoms with Gasteiger partial charge in [0.1, 0.15) is 19.6 Å². The minimum atomic E-state index is -5.10. The number of carbonyl (C=O) groups excluding carboxylic acids is 1. The van der Waals surface area contributed by atoms with Gasteiger partial charge in [-0.2, -0.15) is 0 Å². The Kier molecular flexibility index (Phi) is 11.7. The molecule has 0 aromatic rings. The standard InChI is InChI=1S/C6H15NO3.CH4NO4P/c8-4-1-7(2-5-9)3-6-10;2-1(3)7(4,5)6/h8-10H,1-6H2;(H2,2,3)(H2,4,5,6). The molecule has 0 saturated carbocycles. The molecule has 0 fully saturated rings. The minimum absolute atomic E-state index is 0. The highest BCUT2D eigenvalue weighted by molar-refractivity contribution is 7.67. The number of aliphatic hydroxyl groups excluding tert-OH is 3. The summed E-state index contributed by atoms with van der Waals surface area (Å²) in [6.45, 7) is 2.11. The smallest absolute Gasteiger partial charge is 0.804 e. The molecule has 0 aromatic heterocycles. The number of nitrogens with two attached hydrogens (primary N) is 1. The van der Waals surface area contributed by atoms with Crippen molar-refractivity contribution in [2.24, 2.45) is 5.73 Å². The molecule has 0 aromatic carbocycles. The third-order valence-corrected chi connectivity index (χ3v) is 2.21. The molecule has 0 unspecified atom stereocenters. The molecule has 0 aliphatic rings. The van der Waals surface area contributed by atoms with Crippen molar-refractivity contribution in [2.75, 3.05) is 39.5 Å². The van der Waals surface area contributed by atoms with Crippen molar-refractivity contribution in [1.82, 2.24) is 0 Å². The Morgan fingerprint density at radius 1 is 1.12 bits per heavy atom. The van der Waals surface area contributed by atoms with Crippen molar-refractivity contribution >= 4 is 13.2 Å². The van der Waals surface area contributed by atoms with Crippen molar-refractivity contribution in [3.63, 3.8) is 0 Å². The van der Waals surface area contributed by atoms with Crippen LogP contribution in [0.15, 0.2) is 0 Å². The number of quaternary nitrogens is 1. The van der Waals surface area contributed by atoms with Crippen molar-refractivity contribution in [3.05, 3.63) is 0 Å². The number of hydrogen-bond donors (Lipinski definition) is 5. The van der Waals surface area contributed by atoms with Crippen molar-refractivity contribution in [2.45, 2.75) is 0 Å². The van der Waals surface area contributed by atoms with Crippen LogP contribution in [0.1, 0.15) is 1.43 Å². The maximum atomic E-state index is 9.35. The highest BCUT2D eigenvalue weighted by Gasteiger charge is 2.03. The van der Waals surface area contributed by atoms with Crippen LogP contribution in [0, 0.1) is 0 Å². The second-order valence-electron chi connectivity index (χ2n) is 3.01. The van der Waals surface area contributed by atoms with E-state index in [1.54, 1.807) is 0 Å². The van der Waals surface area contributed by atoms with Crippen molar-refractivity contribution < 1.29 is 40.8 Å². The fourth-order valence-corrected chi connectivity index (χ4v) is 0.849. The van der Waals surface area contributed by atoms with E-state index in [-0.39, 0.29) is 21.2 Å². The Morgan fingerprint density at radius 3 is 1.47 bits per heavy atom. The van der Waals surface area contributed by atoms with Gasteiger partial charge in [-0.3, -0.25) is 4.79 Å². The Morgan fingerprint density at radius 2 is 1.35 bits per heavy atom. The van der Waals surface area contributed by atoms with Crippen LogP contribution in [0.4, 0.5) is 4.79 Å². The summed E-state index contributed by atoms with van der Waals surface area (Å²) in [5, 5.41) is 25.5. The summed E-state index contributed by atoms with van der Waals surface area (Å²) in [6.07, 6.45) is 0. The van der Waals surface area contributed by atoms with E-state index in [1.165, 1.54) is 0 Å². The van der Waals surface area contributed by atoms with Crippen molar-refractivity contribution in [3.8, 4) is 0 Å². The number of aliphatic hydroxyl groups is 3. The van der Waals surface area contributed by atoms with Crippen LogP contribution >= 0.6 is 7.60 Å². The predicted molar refractivity (Wildman–Crippen MR) is 55.1 cm³/mol. The topological polar surface area (TPSA) is 171 Å². The summed E-state index contributed by atoms with van der Waals surface area (Å²) >= 11 is 0. The number of amides is 1. The lowest BCUT2D eigenvalue weighted by molar-refractivity contribution is -0.901. The zero-order chi connectivity index (χ0) is 13.9. The van der Waals surface area contributed by atoms with Gasteiger partial charge in [0.15, 0.2) is 0 Å².